The minimum atomic E-state index is -0.398. The largest absolute Gasteiger partial charge is 0.375 e. The van der Waals surface area contributed by atoms with E-state index in [2.05, 4.69) is 22.5 Å². The molecule has 1 aromatic carbocycles. The molecular weight excluding hydrogens is 314 g/mol. The van der Waals surface area contributed by atoms with Gasteiger partial charge in [0, 0.05) is 24.2 Å². The Bertz CT molecular complexity index is 807. The van der Waals surface area contributed by atoms with Crippen LogP contribution in [0, 0.1) is 16.0 Å². The van der Waals surface area contributed by atoms with E-state index in [1.807, 2.05) is 18.2 Å². The maximum Gasteiger partial charge on any atom is 0.271 e. The zero-order valence-corrected chi connectivity index (χ0v) is 12.9. The third-order valence-corrected chi connectivity index (χ3v) is 4.92. The van der Waals surface area contributed by atoms with Gasteiger partial charge in [-0.25, -0.2) is 0 Å². The normalized spacial score (nSPS) is 24.7. The molecule has 6 heteroatoms. The van der Waals surface area contributed by atoms with Crippen LogP contribution in [-0.4, -0.2) is 9.91 Å². The monoisotopic (exact) mass is 327 g/mol. The number of benzene rings is 1. The van der Waals surface area contributed by atoms with Crippen molar-refractivity contribution in [2.24, 2.45) is 5.92 Å². The second kappa shape index (κ2) is 5.35. The van der Waals surface area contributed by atoms with Crippen molar-refractivity contribution >= 4 is 23.0 Å². The molecule has 0 fully saturated rings. The van der Waals surface area contributed by atoms with Crippen LogP contribution in [0.3, 0.4) is 0 Å². The number of nitro groups is 1. The average Bonchev–Trinajstić information content (AvgIpc) is 3.04. The Labute approximate surface area is 138 Å². The summed E-state index contributed by atoms with van der Waals surface area (Å²) < 4.78 is 0. The van der Waals surface area contributed by atoms with Crippen molar-refractivity contribution in [1.29, 1.82) is 0 Å². The molecule has 0 unspecified atom stereocenters. The zero-order chi connectivity index (χ0) is 16.0. The summed E-state index contributed by atoms with van der Waals surface area (Å²) in [4.78, 5) is 15.2. The summed E-state index contributed by atoms with van der Waals surface area (Å²) in [7, 11) is 0. The fourth-order valence-corrected chi connectivity index (χ4v) is 3.87. The van der Waals surface area contributed by atoms with Crippen molar-refractivity contribution in [3.05, 3.63) is 75.1 Å². The molecule has 0 saturated heterocycles. The summed E-state index contributed by atoms with van der Waals surface area (Å²) in [5.74, 6) is 0.408. The first-order valence-corrected chi connectivity index (χ1v) is 7.85. The Morgan fingerprint density at radius 3 is 2.96 bits per heavy atom. The number of rotatable bonds is 2. The number of halogens is 1. The molecule has 0 bridgehead atoms. The molecule has 5 nitrogen and oxygen atoms in total. The molecule has 2 heterocycles. The topological polar surface area (TPSA) is 68.1 Å². The molecule has 23 heavy (non-hydrogen) atoms. The van der Waals surface area contributed by atoms with Gasteiger partial charge >= 0.3 is 0 Å². The van der Waals surface area contributed by atoms with Crippen molar-refractivity contribution in [3.8, 4) is 0 Å². The summed E-state index contributed by atoms with van der Waals surface area (Å²) in [5, 5.41) is 15.0. The van der Waals surface area contributed by atoms with E-state index in [0.29, 0.717) is 5.02 Å². The summed E-state index contributed by atoms with van der Waals surface area (Å²) in [6.07, 6.45) is 6.95. The summed E-state index contributed by atoms with van der Waals surface area (Å²) >= 11 is 6.32. The van der Waals surface area contributed by atoms with Crippen molar-refractivity contribution in [2.75, 3.05) is 5.32 Å². The van der Waals surface area contributed by atoms with Gasteiger partial charge in [-0.2, -0.15) is 0 Å². The highest BCUT2D eigenvalue weighted by molar-refractivity contribution is 6.33. The molecule has 0 saturated carbocycles. The van der Waals surface area contributed by atoms with Crippen molar-refractivity contribution < 1.29 is 4.92 Å². The number of hydrogen-bond acceptors (Lipinski definition) is 4. The van der Waals surface area contributed by atoms with E-state index in [9.17, 15) is 10.1 Å². The number of non-ortho nitro benzene ring substituents is 1. The fourth-order valence-electron chi connectivity index (χ4n) is 3.60. The lowest BCUT2D eigenvalue weighted by atomic mass is 9.78. The highest BCUT2D eigenvalue weighted by Crippen LogP contribution is 2.52. The van der Waals surface area contributed by atoms with E-state index >= 15 is 0 Å². The molecule has 0 radical (unpaired) electrons. The molecule has 4 rings (SSSR count). The molecule has 0 amide bonds. The van der Waals surface area contributed by atoms with Crippen LogP contribution >= 0.6 is 11.6 Å². The first-order valence-electron chi connectivity index (χ1n) is 7.47. The molecule has 2 aliphatic rings. The Morgan fingerprint density at radius 1 is 1.35 bits per heavy atom. The van der Waals surface area contributed by atoms with Gasteiger partial charge in [-0.05, 0) is 30.0 Å². The summed E-state index contributed by atoms with van der Waals surface area (Å²) in [6.45, 7) is 0. The number of aromatic nitrogens is 1. The van der Waals surface area contributed by atoms with Crippen LogP contribution in [0.2, 0.25) is 5.02 Å². The van der Waals surface area contributed by atoms with Gasteiger partial charge in [0.15, 0.2) is 0 Å². The van der Waals surface area contributed by atoms with Gasteiger partial charge in [-0.1, -0.05) is 29.8 Å². The van der Waals surface area contributed by atoms with E-state index < -0.39 is 4.92 Å². The second-order valence-corrected chi connectivity index (χ2v) is 6.29. The molecule has 0 spiro atoms. The maximum absolute atomic E-state index is 11.1. The number of fused-ring (bicyclic) bond motifs is 3. The molecule has 3 atom stereocenters. The van der Waals surface area contributed by atoms with Crippen LogP contribution in [0.1, 0.15) is 29.6 Å². The van der Waals surface area contributed by atoms with Crippen LogP contribution < -0.4 is 5.32 Å². The van der Waals surface area contributed by atoms with Crippen LogP contribution in [0.25, 0.3) is 0 Å². The van der Waals surface area contributed by atoms with Gasteiger partial charge in [0.05, 0.1) is 27.4 Å². The van der Waals surface area contributed by atoms with Crippen LogP contribution in [0.15, 0.2) is 48.7 Å². The minimum absolute atomic E-state index is 0.0332. The average molecular weight is 328 g/mol. The number of nitro benzene ring substituents is 1. The number of allylic oxidation sites excluding steroid dienone is 2. The Kier molecular flexibility index (Phi) is 3.31. The predicted molar refractivity (Wildman–Crippen MR) is 88.7 cm³/mol. The standard InChI is InChI=1S/C17H14ClN3O2/c18-14-9-10(21(22)23)8-13-11-4-3-5-12(11)17(20-16(13)14)15-6-1-2-7-19-15/h1-4,6-9,11-12,17,20H,5H2/t11-,12-,17+/m1/s1. The molecule has 1 aliphatic heterocycles. The molecule has 1 aromatic heterocycles. The summed E-state index contributed by atoms with van der Waals surface area (Å²) in [6, 6.07) is 8.94. The van der Waals surface area contributed by atoms with E-state index in [1.165, 1.54) is 6.07 Å². The van der Waals surface area contributed by atoms with E-state index in [4.69, 9.17) is 11.6 Å². The minimum Gasteiger partial charge on any atom is -0.375 e. The number of anilines is 1. The smallest absolute Gasteiger partial charge is 0.271 e. The number of pyridine rings is 1. The van der Waals surface area contributed by atoms with E-state index in [0.717, 1.165) is 23.4 Å². The number of nitrogens with zero attached hydrogens (tertiary/aromatic N) is 2. The van der Waals surface area contributed by atoms with Crippen LogP contribution in [0.5, 0.6) is 0 Å². The Hall–Kier alpha value is -2.40. The highest BCUT2D eigenvalue weighted by atomic mass is 35.5. The van der Waals surface area contributed by atoms with Gasteiger partial charge in [0.25, 0.3) is 5.69 Å². The van der Waals surface area contributed by atoms with Crippen molar-refractivity contribution in [1.82, 2.24) is 4.98 Å². The molecule has 1 aliphatic carbocycles. The van der Waals surface area contributed by atoms with Gasteiger partial charge in [-0.3, -0.25) is 15.1 Å². The fraction of sp³-hybridized carbons (Fsp3) is 0.235. The second-order valence-electron chi connectivity index (χ2n) is 5.88. The first kappa shape index (κ1) is 14.2. The van der Waals surface area contributed by atoms with Gasteiger partial charge < -0.3 is 5.32 Å². The van der Waals surface area contributed by atoms with Crippen molar-refractivity contribution in [3.63, 3.8) is 0 Å². The first-order chi connectivity index (χ1) is 11.1. The lowest BCUT2D eigenvalue weighted by Crippen LogP contribution is -2.30. The number of hydrogen-bond donors (Lipinski definition) is 1. The van der Waals surface area contributed by atoms with Crippen LogP contribution in [0.4, 0.5) is 11.4 Å². The molecule has 1 N–H and O–H groups in total. The SMILES string of the molecule is O=[N+]([O-])c1cc(Cl)c2c(c1)[C@@H]1C=CC[C@H]1[C@@H](c1ccccn1)N2. The lowest BCUT2D eigenvalue weighted by molar-refractivity contribution is -0.384. The van der Waals surface area contributed by atoms with E-state index in [1.54, 1.807) is 12.3 Å². The van der Waals surface area contributed by atoms with Crippen LogP contribution in [-0.2, 0) is 0 Å². The lowest BCUT2D eigenvalue weighted by Gasteiger charge is -2.37. The third kappa shape index (κ3) is 2.28. The molecule has 116 valence electrons. The quantitative estimate of drug-likeness (QED) is 0.502. The zero-order valence-electron chi connectivity index (χ0n) is 12.1. The summed E-state index contributed by atoms with van der Waals surface area (Å²) in [5.41, 5.74) is 2.67. The van der Waals surface area contributed by atoms with Gasteiger partial charge in [0.1, 0.15) is 0 Å². The predicted octanol–water partition coefficient (Wildman–Crippen LogP) is 4.47. The maximum atomic E-state index is 11.1. The van der Waals surface area contributed by atoms with Crippen molar-refractivity contribution in [2.45, 2.75) is 18.4 Å². The Balaban J connectivity index is 1.84. The van der Waals surface area contributed by atoms with Gasteiger partial charge in [0.2, 0.25) is 0 Å². The third-order valence-electron chi connectivity index (χ3n) is 4.62. The number of nitrogens with one attached hydrogen (secondary N) is 1. The van der Waals surface area contributed by atoms with Gasteiger partial charge in [-0.15, -0.1) is 0 Å². The molecular formula is C17H14ClN3O2. The highest BCUT2D eigenvalue weighted by Gasteiger charge is 2.40. The molecule has 2 aromatic rings. The Morgan fingerprint density at radius 2 is 2.22 bits per heavy atom. The van der Waals surface area contributed by atoms with E-state index in [-0.39, 0.29) is 23.6 Å².